The zero-order valence-electron chi connectivity index (χ0n) is 14.9. The minimum Gasteiger partial charge on any atom is -0.371 e. The molecule has 0 radical (unpaired) electrons. The van der Waals surface area contributed by atoms with Gasteiger partial charge in [0.2, 0.25) is 9.84 Å². The van der Waals surface area contributed by atoms with E-state index >= 15 is 0 Å². The Morgan fingerprint density at radius 2 is 1.36 bits per heavy atom. The van der Waals surface area contributed by atoms with Gasteiger partial charge >= 0.3 is 0 Å². The molecule has 4 heteroatoms. The van der Waals surface area contributed by atoms with Gasteiger partial charge in [-0.15, -0.1) is 0 Å². The first kappa shape index (κ1) is 17.5. The van der Waals surface area contributed by atoms with Gasteiger partial charge in [0.1, 0.15) is 4.91 Å². The number of allylic oxidation sites excluding steroid dienone is 2. The molecule has 1 aliphatic rings. The zero-order valence-corrected chi connectivity index (χ0v) is 15.7. The van der Waals surface area contributed by atoms with E-state index in [0.717, 1.165) is 35.5 Å². The molecule has 0 saturated heterocycles. The number of benzene rings is 2. The number of sulfone groups is 1. The van der Waals surface area contributed by atoms with Gasteiger partial charge in [-0.25, -0.2) is 8.42 Å². The van der Waals surface area contributed by atoms with Gasteiger partial charge < -0.3 is 4.90 Å². The van der Waals surface area contributed by atoms with E-state index in [0.29, 0.717) is 9.80 Å². The first-order valence-corrected chi connectivity index (χ1v) is 10.1. The molecule has 0 fully saturated rings. The molecule has 25 heavy (non-hydrogen) atoms. The van der Waals surface area contributed by atoms with Gasteiger partial charge in [0.15, 0.2) is 0 Å². The Labute approximate surface area is 150 Å². The first-order chi connectivity index (χ1) is 12.0. The third-order valence-corrected chi connectivity index (χ3v) is 6.46. The Bertz CT molecular complexity index is 922. The van der Waals surface area contributed by atoms with Gasteiger partial charge in [0.25, 0.3) is 0 Å². The summed E-state index contributed by atoms with van der Waals surface area (Å²) in [4.78, 5) is 2.92. The fraction of sp³-hybridized carbons (Fsp3) is 0.238. The van der Waals surface area contributed by atoms with E-state index in [1.807, 2.05) is 43.3 Å². The summed E-state index contributed by atoms with van der Waals surface area (Å²) in [6.07, 6.45) is 0. The maximum atomic E-state index is 13.4. The highest BCUT2D eigenvalue weighted by Gasteiger charge is 2.39. The van der Waals surface area contributed by atoms with Crippen molar-refractivity contribution in [3.05, 3.63) is 82.4 Å². The summed E-state index contributed by atoms with van der Waals surface area (Å²) < 4.78 is 26.7. The summed E-state index contributed by atoms with van der Waals surface area (Å²) in [5, 5.41) is 0. The topological polar surface area (TPSA) is 37.4 Å². The first-order valence-electron chi connectivity index (χ1n) is 8.58. The molecular formula is C21H23NO2S. The fourth-order valence-corrected chi connectivity index (χ4v) is 5.19. The van der Waals surface area contributed by atoms with Crippen LogP contribution >= 0.6 is 0 Å². The highest BCUT2D eigenvalue weighted by atomic mass is 32.2. The van der Waals surface area contributed by atoms with E-state index in [4.69, 9.17) is 0 Å². The van der Waals surface area contributed by atoms with Crippen LogP contribution in [0.5, 0.6) is 0 Å². The molecule has 3 rings (SSSR count). The van der Waals surface area contributed by atoms with Crippen LogP contribution in [0.2, 0.25) is 0 Å². The molecule has 0 unspecified atom stereocenters. The van der Waals surface area contributed by atoms with Crippen LogP contribution in [-0.2, 0) is 9.84 Å². The van der Waals surface area contributed by atoms with E-state index < -0.39 is 9.84 Å². The van der Waals surface area contributed by atoms with Crippen molar-refractivity contribution < 1.29 is 8.42 Å². The molecule has 0 bridgehead atoms. The van der Waals surface area contributed by atoms with E-state index in [1.165, 1.54) is 0 Å². The van der Waals surface area contributed by atoms with Crippen molar-refractivity contribution in [2.75, 3.05) is 13.1 Å². The van der Waals surface area contributed by atoms with E-state index in [1.54, 1.807) is 24.3 Å². The fourth-order valence-electron chi connectivity index (χ4n) is 3.37. The van der Waals surface area contributed by atoms with Crippen LogP contribution in [0, 0.1) is 0 Å². The second kappa shape index (κ2) is 6.89. The van der Waals surface area contributed by atoms with Crippen molar-refractivity contribution >= 4 is 15.4 Å². The van der Waals surface area contributed by atoms with E-state index in [2.05, 4.69) is 18.7 Å². The molecule has 0 heterocycles. The van der Waals surface area contributed by atoms with Crippen LogP contribution in [-0.4, -0.2) is 26.4 Å². The van der Waals surface area contributed by atoms with Crippen molar-refractivity contribution in [1.29, 1.82) is 0 Å². The Balaban J connectivity index is 2.19. The molecule has 0 spiro atoms. The Kier molecular flexibility index (Phi) is 4.82. The standard InChI is InChI=1S/C21H23NO2S/c1-4-22(5-2)20-16(3)19(17-12-8-6-9-13-17)21(20)25(23,24)18-14-10-7-11-15-18/h6-15H,4-5H2,1-3H3. The lowest BCUT2D eigenvalue weighted by Gasteiger charge is -2.36. The molecule has 1 aliphatic carbocycles. The number of rotatable bonds is 6. The van der Waals surface area contributed by atoms with Crippen molar-refractivity contribution in [3.63, 3.8) is 0 Å². The third-order valence-electron chi connectivity index (χ3n) is 4.64. The second-order valence-electron chi connectivity index (χ2n) is 6.03. The summed E-state index contributed by atoms with van der Waals surface area (Å²) in [7, 11) is -3.57. The molecular weight excluding hydrogens is 330 g/mol. The predicted octanol–water partition coefficient (Wildman–Crippen LogP) is 4.50. The van der Waals surface area contributed by atoms with Gasteiger partial charge in [-0.05, 0) is 44.0 Å². The smallest absolute Gasteiger partial charge is 0.209 e. The van der Waals surface area contributed by atoms with Gasteiger partial charge in [0, 0.05) is 18.7 Å². The molecule has 130 valence electrons. The van der Waals surface area contributed by atoms with Crippen molar-refractivity contribution in [3.8, 4) is 0 Å². The SMILES string of the molecule is CCN(CC)C1=C(S(=O)(=O)c2ccccc2)C(c2ccccc2)=C1C. The lowest BCUT2D eigenvalue weighted by atomic mass is 9.88. The van der Waals surface area contributed by atoms with Gasteiger partial charge in [-0.3, -0.25) is 0 Å². The van der Waals surface area contributed by atoms with Crippen LogP contribution in [0.25, 0.3) is 5.57 Å². The van der Waals surface area contributed by atoms with Crippen LogP contribution in [0.15, 0.2) is 81.7 Å². The maximum absolute atomic E-state index is 13.4. The molecule has 2 aromatic rings. The summed E-state index contributed by atoms with van der Waals surface area (Å²) in [6.45, 7) is 7.67. The minimum absolute atomic E-state index is 0.343. The van der Waals surface area contributed by atoms with Gasteiger partial charge in [-0.1, -0.05) is 48.5 Å². The average Bonchev–Trinajstić information content (AvgIpc) is 2.65. The zero-order chi connectivity index (χ0) is 18.0. The molecule has 2 aromatic carbocycles. The molecule has 0 amide bonds. The van der Waals surface area contributed by atoms with Crippen LogP contribution in [0.3, 0.4) is 0 Å². The quantitative estimate of drug-likeness (QED) is 0.767. The second-order valence-corrected chi connectivity index (χ2v) is 7.92. The third kappa shape index (κ3) is 2.91. The Morgan fingerprint density at radius 1 is 0.840 bits per heavy atom. The van der Waals surface area contributed by atoms with Gasteiger partial charge in [-0.2, -0.15) is 0 Å². The van der Waals surface area contributed by atoms with E-state index in [-0.39, 0.29) is 0 Å². The molecule has 0 aromatic heterocycles. The van der Waals surface area contributed by atoms with E-state index in [9.17, 15) is 8.42 Å². The van der Waals surface area contributed by atoms with Gasteiger partial charge in [0.05, 0.1) is 10.6 Å². The molecule has 0 saturated carbocycles. The number of hydrogen-bond acceptors (Lipinski definition) is 3. The van der Waals surface area contributed by atoms with Crippen LogP contribution < -0.4 is 0 Å². The highest BCUT2D eigenvalue weighted by molar-refractivity contribution is 7.96. The van der Waals surface area contributed by atoms with Crippen molar-refractivity contribution in [1.82, 2.24) is 4.90 Å². The largest absolute Gasteiger partial charge is 0.371 e. The Hall–Kier alpha value is -2.33. The van der Waals surface area contributed by atoms with Crippen molar-refractivity contribution in [2.45, 2.75) is 25.7 Å². The number of likely N-dealkylation sites (N-methyl/N-ethyl adjacent to an activating group) is 1. The molecule has 0 N–H and O–H groups in total. The minimum atomic E-state index is -3.57. The maximum Gasteiger partial charge on any atom is 0.209 e. The predicted molar refractivity (Wildman–Crippen MR) is 103 cm³/mol. The summed E-state index contributed by atoms with van der Waals surface area (Å²) in [6, 6.07) is 18.5. The lowest BCUT2D eigenvalue weighted by Crippen LogP contribution is -2.32. The summed E-state index contributed by atoms with van der Waals surface area (Å²) >= 11 is 0. The molecule has 3 nitrogen and oxygen atoms in total. The molecule has 0 atom stereocenters. The highest BCUT2D eigenvalue weighted by Crippen LogP contribution is 2.47. The van der Waals surface area contributed by atoms with Crippen LogP contribution in [0.1, 0.15) is 26.3 Å². The lowest BCUT2D eigenvalue weighted by molar-refractivity contribution is 0.385. The average molecular weight is 353 g/mol. The number of nitrogens with zero attached hydrogens (tertiary/aromatic N) is 1. The van der Waals surface area contributed by atoms with Crippen LogP contribution in [0.4, 0.5) is 0 Å². The monoisotopic (exact) mass is 353 g/mol. The summed E-state index contributed by atoms with van der Waals surface area (Å²) in [5.74, 6) is 0. The normalized spacial score (nSPS) is 14.5. The van der Waals surface area contributed by atoms with Crippen molar-refractivity contribution in [2.24, 2.45) is 0 Å². The number of hydrogen-bond donors (Lipinski definition) is 0. The summed E-state index contributed by atoms with van der Waals surface area (Å²) in [5.41, 5.74) is 3.69. The molecule has 0 aliphatic heterocycles. The Morgan fingerprint density at radius 3 is 1.88 bits per heavy atom.